The Hall–Kier alpha value is -5.42. The standard InChI is InChI=1S/C36H26Cl2N4O5S/c37-26-12-11-25(31(38)22-26)21-32(41-34(43)24-9-5-2-6-10-24)35(44)39-28-15-19-30(20-16-28)48-33(23-7-3-1-4-8-23)36(45)40-27-13-17-29(18-14-27)42(46)47/h1-22,33H,(H,39,44)(H,40,45)(H,41,43)/b32-21-. The lowest BCUT2D eigenvalue weighted by molar-refractivity contribution is -0.384. The van der Waals surface area contributed by atoms with Crippen LogP contribution >= 0.6 is 35.0 Å². The average molecular weight is 698 g/mol. The number of nitro benzene ring substituents is 1. The van der Waals surface area contributed by atoms with E-state index in [4.69, 9.17) is 23.2 Å². The summed E-state index contributed by atoms with van der Waals surface area (Å²) < 4.78 is 0. The van der Waals surface area contributed by atoms with Gasteiger partial charge >= 0.3 is 0 Å². The predicted molar refractivity (Wildman–Crippen MR) is 190 cm³/mol. The van der Waals surface area contributed by atoms with Gasteiger partial charge in [0, 0.05) is 44.0 Å². The molecule has 240 valence electrons. The van der Waals surface area contributed by atoms with E-state index in [-0.39, 0.29) is 17.3 Å². The molecule has 3 N–H and O–H groups in total. The van der Waals surface area contributed by atoms with Crippen molar-refractivity contribution in [1.82, 2.24) is 5.32 Å². The molecule has 0 spiro atoms. The summed E-state index contributed by atoms with van der Waals surface area (Å²) in [6.07, 6.45) is 1.47. The maximum absolute atomic E-state index is 13.5. The molecule has 0 saturated carbocycles. The molecule has 0 radical (unpaired) electrons. The maximum atomic E-state index is 13.5. The van der Waals surface area contributed by atoms with Crippen LogP contribution in [0.2, 0.25) is 10.0 Å². The molecule has 0 saturated heterocycles. The largest absolute Gasteiger partial charge is 0.325 e. The molecule has 0 aliphatic heterocycles. The van der Waals surface area contributed by atoms with Gasteiger partial charge in [-0.15, -0.1) is 11.8 Å². The van der Waals surface area contributed by atoms with E-state index >= 15 is 0 Å². The highest BCUT2D eigenvalue weighted by molar-refractivity contribution is 8.00. The van der Waals surface area contributed by atoms with Gasteiger partial charge < -0.3 is 16.0 Å². The highest BCUT2D eigenvalue weighted by Gasteiger charge is 2.23. The molecule has 0 aromatic heterocycles. The first kappa shape index (κ1) is 33.9. The van der Waals surface area contributed by atoms with Gasteiger partial charge in [0.2, 0.25) is 5.91 Å². The fourth-order valence-corrected chi connectivity index (χ4v) is 5.93. The van der Waals surface area contributed by atoms with Gasteiger partial charge in [-0.05, 0) is 77.9 Å². The number of carbonyl (C=O) groups is 3. The fraction of sp³-hybridized carbons (Fsp3) is 0.0278. The van der Waals surface area contributed by atoms with E-state index in [2.05, 4.69) is 16.0 Å². The second kappa shape index (κ2) is 15.9. The lowest BCUT2D eigenvalue weighted by Crippen LogP contribution is -2.30. The van der Waals surface area contributed by atoms with Gasteiger partial charge in [-0.1, -0.05) is 77.8 Å². The molecule has 0 aliphatic rings. The molecule has 1 unspecified atom stereocenters. The third-order valence-electron chi connectivity index (χ3n) is 6.84. The molecule has 0 aliphatic carbocycles. The first-order chi connectivity index (χ1) is 23.2. The zero-order chi connectivity index (χ0) is 34.0. The Kier molecular flexibility index (Phi) is 11.3. The Morgan fingerprint density at radius 1 is 0.750 bits per heavy atom. The summed E-state index contributed by atoms with van der Waals surface area (Å²) in [6.45, 7) is 0. The number of nitrogens with zero attached hydrogens (tertiary/aromatic N) is 1. The van der Waals surface area contributed by atoms with Crippen molar-refractivity contribution in [3.63, 3.8) is 0 Å². The van der Waals surface area contributed by atoms with E-state index in [9.17, 15) is 24.5 Å². The molecule has 48 heavy (non-hydrogen) atoms. The van der Waals surface area contributed by atoms with E-state index in [0.717, 1.165) is 10.5 Å². The van der Waals surface area contributed by atoms with Crippen molar-refractivity contribution in [3.05, 3.63) is 170 Å². The summed E-state index contributed by atoms with van der Waals surface area (Å²) in [7, 11) is 0. The topological polar surface area (TPSA) is 130 Å². The number of amides is 3. The average Bonchev–Trinajstić information content (AvgIpc) is 3.09. The fourth-order valence-electron chi connectivity index (χ4n) is 4.44. The highest BCUT2D eigenvalue weighted by atomic mass is 35.5. The first-order valence-electron chi connectivity index (χ1n) is 14.4. The number of thioether (sulfide) groups is 1. The zero-order valence-corrected chi connectivity index (χ0v) is 27.3. The monoisotopic (exact) mass is 696 g/mol. The minimum atomic E-state index is -0.659. The van der Waals surface area contributed by atoms with Crippen LogP contribution in [0.4, 0.5) is 17.1 Å². The minimum Gasteiger partial charge on any atom is -0.325 e. The third-order valence-corrected chi connectivity index (χ3v) is 8.67. The lowest BCUT2D eigenvalue weighted by atomic mass is 10.1. The zero-order valence-electron chi connectivity index (χ0n) is 24.9. The van der Waals surface area contributed by atoms with Crippen LogP contribution in [0.15, 0.2) is 138 Å². The summed E-state index contributed by atoms with van der Waals surface area (Å²) in [5.74, 6) is -1.38. The summed E-state index contributed by atoms with van der Waals surface area (Å²) in [6, 6.07) is 35.0. The molecule has 12 heteroatoms. The SMILES string of the molecule is O=C(Nc1ccc(SC(C(=O)Nc2ccc([N+](=O)[O-])cc2)c2ccccc2)cc1)/C(=C/c1ccc(Cl)cc1Cl)NC(=O)c1ccccc1. The van der Waals surface area contributed by atoms with E-state index in [1.54, 1.807) is 66.7 Å². The van der Waals surface area contributed by atoms with Crippen molar-refractivity contribution < 1.29 is 19.3 Å². The van der Waals surface area contributed by atoms with Crippen molar-refractivity contribution in [2.24, 2.45) is 0 Å². The minimum absolute atomic E-state index is 0.0430. The van der Waals surface area contributed by atoms with Gasteiger partial charge in [0.05, 0.1) is 4.92 Å². The Bertz CT molecular complexity index is 1970. The van der Waals surface area contributed by atoms with Gasteiger partial charge in [0.1, 0.15) is 10.9 Å². The first-order valence-corrected chi connectivity index (χ1v) is 16.0. The van der Waals surface area contributed by atoms with Crippen molar-refractivity contribution >= 4 is 75.8 Å². The van der Waals surface area contributed by atoms with Crippen LogP contribution < -0.4 is 16.0 Å². The molecule has 9 nitrogen and oxygen atoms in total. The van der Waals surface area contributed by atoms with Crippen LogP contribution in [0.3, 0.4) is 0 Å². The Morgan fingerprint density at radius 3 is 1.98 bits per heavy atom. The number of benzene rings is 5. The smallest absolute Gasteiger partial charge is 0.272 e. The number of carbonyl (C=O) groups excluding carboxylic acids is 3. The number of halogens is 2. The number of rotatable bonds is 11. The number of nitrogens with one attached hydrogen (secondary N) is 3. The summed E-state index contributed by atoms with van der Waals surface area (Å²) in [4.78, 5) is 51.1. The van der Waals surface area contributed by atoms with E-state index < -0.39 is 22.0 Å². The quantitative estimate of drug-likeness (QED) is 0.0548. The van der Waals surface area contributed by atoms with E-state index in [0.29, 0.717) is 32.5 Å². The summed E-state index contributed by atoms with van der Waals surface area (Å²) in [5.41, 5.74) is 2.34. The molecular formula is C36H26Cl2N4O5S. The Labute approximate surface area is 290 Å². The highest BCUT2D eigenvalue weighted by Crippen LogP contribution is 2.37. The van der Waals surface area contributed by atoms with E-state index in [1.807, 2.05) is 30.3 Å². The molecule has 1 atom stereocenters. The normalized spacial score (nSPS) is 11.7. The maximum Gasteiger partial charge on any atom is 0.272 e. The van der Waals surface area contributed by atoms with Crippen LogP contribution in [0, 0.1) is 10.1 Å². The van der Waals surface area contributed by atoms with Crippen molar-refractivity contribution in [1.29, 1.82) is 0 Å². The van der Waals surface area contributed by atoms with Gasteiger partial charge in [-0.25, -0.2) is 0 Å². The number of hydrogen-bond acceptors (Lipinski definition) is 6. The van der Waals surface area contributed by atoms with Gasteiger partial charge in [0.25, 0.3) is 17.5 Å². The summed E-state index contributed by atoms with van der Waals surface area (Å²) >= 11 is 13.7. The summed E-state index contributed by atoms with van der Waals surface area (Å²) in [5, 5.41) is 19.4. The van der Waals surface area contributed by atoms with Crippen LogP contribution in [0.1, 0.15) is 26.7 Å². The number of non-ortho nitro benzene ring substituents is 1. The molecular weight excluding hydrogens is 671 g/mol. The molecule has 0 heterocycles. The van der Waals surface area contributed by atoms with E-state index in [1.165, 1.54) is 48.2 Å². The Morgan fingerprint density at radius 2 is 1.35 bits per heavy atom. The lowest BCUT2D eigenvalue weighted by Gasteiger charge is -2.17. The molecule has 5 aromatic rings. The van der Waals surface area contributed by atoms with Crippen molar-refractivity contribution in [2.75, 3.05) is 10.6 Å². The molecule has 3 amide bonds. The second-order valence-electron chi connectivity index (χ2n) is 10.2. The van der Waals surface area contributed by atoms with Crippen molar-refractivity contribution in [3.8, 4) is 0 Å². The van der Waals surface area contributed by atoms with Gasteiger partial charge in [-0.3, -0.25) is 24.5 Å². The molecule has 5 aromatic carbocycles. The van der Waals surface area contributed by atoms with Gasteiger partial charge in [0.15, 0.2) is 0 Å². The number of hydrogen-bond donors (Lipinski definition) is 3. The van der Waals surface area contributed by atoms with Crippen LogP contribution in [-0.4, -0.2) is 22.6 Å². The van der Waals surface area contributed by atoms with Crippen LogP contribution in [-0.2, 0) is 9.59 Å². The third kappa shape index (κ3) is 9.10. The number of anilines is 2. The van der Waals surface area contributed by atoms with Gasteiger partial charge in [-0.2, -0.15) is 0 Å². The molecule has 5 rings (SSSR count). The predicted octanol–water partition coefficient (Wildman–Crippen LogP) is 8.78. The Balaban J connectivity index is 1.33. The molecule has 0 bridgehead atoms. The number of nitro groups is 1. The molecule has 0 fully saturated rings. The van der Waals surface area contributed by atoms with Crippen LogP contribution in [0.25, 0.3) is 6.08 Å². The van der Waals surface area contributed by atoms with Crippen molar-refractivity contribution in [2.45, 2.75) is 10.1 Å². The second-order valence-corrected chi connectivity index (χ2v) is 12.2. The van der Waals surface area contributed by atoms with Crippen LogP contribution in [0.5, 0.6) is 0 Å².